The summed E-state index contributed by atoms with van der Waals surface area (Å²) < 4.78 is 28.4. The molecule has 0 aliphatic carbocycles. The third-order valence-corrected chi connectivity index (χ3v) is 5.38. The van der Waals surface area contributed by atoms with Crippen LogP contribution in [0.1, 0.15) is 11.1 Å². The number of benzene rings is 1. The molecule has 8 nitrogen and oxygen atoms in total. The summed E-state index contributed by atoms with van der Waals surface area (Å²) in [7, 11) is -2.03. The fourth-order valence-corrected chi connectivity index (χ4v) is 3.81. The molecular weight excluding hydrogens is 316 g/mol. The van der Waals surface area contributed by atoms with E-state index >= 15 is 0 Å². The van der Waals surface area contributed by atoms with E-state index in [9.17, 15) is 8.42 Å². The molecule has 1 N–H and O–H groups in total. The van der Waals surface area contributed by atoms with E-state index in [-0.39, 0.29) is 0 Å². The molecule has 1 aliphatic rings. The van der Waals surface area contributed by atoms with Crippen molar-refractivity contribution in [1.82, 2.24) is 24.9 Å². The van der Waals surface area contributed by atoms with Gasteiger partial charge >= 0.3 is 0 Å². The van der Waals surface area contributed by atoms with Gasteiger partial charge in [-0.25, -0.2) is 17.8 Å². The van der Waals surface area contributed by atoms with Crippen molar-refractivity contribution in [2.24, 2.45) is 0 Å². The lowest BCUT2D eigenvalue weighted by Crippen LogP contribution is -2.34. The minimum Gasteiger partial charge on any atom is -0.335 e. The summed E-state index contributed by atoms with van der Waals surface area (Å²) in [5.41, 5.74) is 1.83. The van der Waals surface area contributed by atoms with Gasteiger partial charge in [-0.3, -0.25) is 0 Å². The van der Waals surface area contributed by atoms with Crippen LogP contribution in [0.25, 0.3) is 0 Å². The minimum atomic E-state index is -3.46. The van der Waals surface area contributed by atoms with E-state index in [1.807, 2.05) is 11.0 Å². The Morgan fingerprint density at radius 3 is 3.00 bits per heavy atom. The number of nitrogens with zero attached hydrogens (tertiary/aromatic N) is 5. The number of aromatic nitrogens is 4. The number of anilines is 1. The van der Waals surface area contributed by atoms with Crippen LogP contribution in [0.4, 0.5) is 5.95 Å². The van der Waals surface area contributed by atoms with Crippen molar-refractivity contribution < 1.29 is 8.42 Å². The van der Waals surface area contributed by atoms with Gasteiger partial charge in [0.25, 0.3) is 0 Å². The van der Waals surface area contributed by atoms with Gasteiger partial charge in [0, 0.05) is 13.1 Å². The largest absolute Gasteiger partial charge is 0.335 e. The first kappa shape index (κ1) is 15.6. The Morgan fingerprint density at radius 1 is 1.43 bits per heavy atom. The van der Waals surface area contributed by atoms with Crippen LogP contribution < -0.4 is 9.62 Å². The van der Waals surface area contributed by atoms with Crippen molar-refractivity contribution in [2.75, 3.05) is 18.5 Å². The molecule has 23 heavy (non-hydrogen) atoms. The second kappa shape index (κ2) is 6.09. The van der Waals surface area contributed by atoms with E-state index in [4.69, 9.17) is 0 Å². The van der Waals surface area contributed by atoms with Gasteiger partial charge in [-0.15, -0.1) is 6.58 Å². The molecule has 0 unspecified atom stereocenters. The maximum atomic E-state index is 12.2. The molecule has 1 aliphatic heterocycles. The lowest BCUT2D eigenvalue weighted by Gasteiger charge is -2.30. The highest BCUT2D eigenvalue weighted by atomic mass is 32.2. The van der Waals surface area contributed by atoms with Crippen molar-refractivity contribution in [3.63, 3.8) is 0 Å². The summed E-state index contributed by atoms with van der Waals surface area (Å²) in [5.74, 6) is 0.664. The van der Waals surface area contributed by atoms with E-state index in [2.05, 4.69) is 26.8 Å². The molecule has 0 radical (unpaired) electrons. The van der Waals surface area contributed by atoms with Gasteiger partial charge in [-0.2, -0.15) is 0 Å². The van der Waals surface area contributed by atoms with E-state index in [0.29, 0.717) is 36.9 Å². The molecule has 1 aromatic carbocycles. The molecule has 0 amide bonds. The quantitative estimate of drug-likeness (QED) is 0.792. The molecule has 0 saturated carbocycles. The molecule has 0 saturated heterocycles. The standard InChI is InChI=1S/C14H18N6O2S/c1-3-8-20-14(16-17-18-20)19-9-7-12-11(10-19)5-4-6-13(12)23(21,22)15-2/h3-6,15H,1,7-10H2,2H3. The minimum absolute atomic E-state index is 0.350. The fraction of sp³-hybridized carbons (Fsp3) is 0.357. The van der Waals surface area contributed by atoms with Crippen LogP contribution in [-0.4, -0.2) is 42.2 Å². The third kappa shape index (κ3) is 2.84. The molecule has 122 valence electrons. The average molecular weight is 334 g/mol. The van der Waals surface area contributed by atoms with Gasteiger partial charge in [0.1, 0.15) is 0 Å². The number of sulfonamides is 1. The summed E-state index contributed by atoms with van der Waals surface area (Å²) in [4.78, 5) is 2.39. The third-order valence-electron chi connectivity index (χ3n) is 3.88. The van der Waals surface area contributed by atoms with Crippen LogP contribution in [-0.2, 0) is 29.5 Å². The van der Waals surface area contributed by atoms with Gasteiger partial charge < -0.3 is 4.90 Å². The Hall–Kier alpha value is -2.26. The number of hydrogen-bond acceptors (Lipinski definition) is 6. The van der Waals surface area contributed by atoms with Gasteiger partial charge in [0.15, 0.2) is 0 Å². The number of allylic oxidation sites excluding steroid dienone is 1. The Kier molecular flexibility index (Phi) is 4.14. The predicted molar refractivity (Wildman–Crippen MR) is 85.5 cm³/mol. The fourth-order valence-electron chi connectivity index (χ4n) is 2.77. The van der Waals surface area contributed by atoms with E-state index in [0.717, 1.165) is 11.1 Å². The summed E-state index contributed by atoms with van der Waals surface area (Å²) in [6.45, 7) is 5.45. The smallest absolute Gasteiger partial charge is 0.246 e. The molecule has 1 aromatic heterocycles. The van der Waals surface area contributed by atoms with E-state index in [1.165, 1.54) is 7.05 Å². The zero-order chi connectivity index (χ0) is 16.4. The summed E-state index contributed by atoms with van der Waals surface area (Å²) in [5, 5.41) is 11.7. The Bertz CT molecular complexity index is 830. The van der Waals surface area contributed by atoms with Gasteiger partial charge in [0.2, 0.25) is 16.0 Å². The number of rotatable bonds is 5. The molecule has 0 bridgehead atoms. The Balaban J connectivity index is 1.95. The summed E-state index contributed by atoms with van der Waals surface area (Å²) in [6.07, 6.45) is 2.35. The number of fused-ring (bicyclic) bond motifs is 1. The monoisotopic (exact) mass is 334 g/mol. The maximum absolute atomic E-state index is 12.2. The first-order valence-electron chi connectivity index (χ1n) is 7.23. The zero-order valence-electron chi connectivity index (χ0n) is 12.8. The molecule has 0 fully saturated rings. The first-order valence-corrected chi connectivity index (χ1v) is 8.71. The lowest BCUT2D eigenvalue weighted by molar-refractivity contribution is 0.583. The topological polar surface area (TPSA) is 93.0 Å². The van der Waals surface area contributed by atoms with Crippen LogP contribution in [0.3, 0.4) is 0 Å². The second-order valence-electron chi connectivity index (χ2n) is 5.22. The molecule has 0 spiro atoms. The lowest BCUT2D eigenvalue weighted by atomic mass is 10.00. The number of nitrogens with one attached hydrogen (secondary N) is 1. The Morgan fingerprint density at radius 2 is 2.26 bits per heavy atom. The van der Waals surface area contributed by atoms with Crippen LogP contribution in [0.2, 0.25) is 0 Å². The summed E-state index contributed by atoms with van der Waals surface area (Å²) >= 11 is 0. The van der Waals surface area contributed by atoms with Crippen molar-refractivity contribution >= 4 is 16.0 Å². The van der Waals surface area contributed by atoms with Crippen LogP contribution in [0.5, 0.6) is 0 Å². The molecule has 2 aromatic rings. The predicted octanol–water partition coefficient (Wildman–Crippen LogP) is 0.330. The van der Waals surface area contributed by atoms with Crippen molar-refractivity contribution in [3.8, 4) is 0 Å². The molecular formula is C14H18N6O2S. The van der Waals surface area contributed by atoms with Crippen LogP contribution in [0, 0.1) is 0 Å². The van der Waals surface area contributed by atoms with Crippen LogP contribution in [0.15, 0.2) is 35.7 Å². The number of tetrazole rings is 1. The maximum Gasteiger partial charge on any atom is 0.246 e. The van der Waals surface area contributed by atoms with Gasteiger partial charge in [-0.05, 0) is 41.1 Å². The van der Waals surface area contributed by atoms with Gasteiger partial charge in [-0.1, -0.05) is 23.3 Å². The zero-order valence-corrected chi connectivity index (χ0v) is 13.6. The van der Waals surface area contributed by atoms with Crippen LogP contribution >= 0.6 is 0 Å². The van der Waals surface area contributed by atoms with Crippen molar-refractivity contribution in [2.45, 2.75) is 24.4 Å². The first-order chi connectivity index (χ1) is 11.1. The average Bonchev–Trinajstić information content (AvgIpc) is 3.02. The molecule has 3 rings (SSSR count). The van der Waals surface area contributed by atoms with Gasteiger partial charge in [0.05, 0.1) is 11.4 Å². The molecule has 9 heteroatoms. The van der Waals surface area contributed by atoms with Crippen molar-refractivity contribution in [1.29, 1.82) is 0 Å². The highest BCUT2D eigenvalue weighted by Gasteiger charge is 2.26. The van der Waals surface area contributed by atoms with E-state index in [1.54, 1.807) is 22.9 Å². The normalized spacial score (nSPS) is 14.6. The molecule has 2 heterocycles. The Labute approximate surface area is 134 Å². The summed E-state index contributed by atoms with van der Waals surface area (Å²) in [6, 6.07) is 5.35. The highest BCUT2D eigenvalue weighted by molar-refractivity contribution is 7.89. The van der Waals surface area contributed by atoms with E-state index < -0.39 is 10.0 Å². The van der Waals surface area contributed by atoms with Crippen molar-refractivity contribution in [3.05, 3.63) is 42.0 Å². The SMILES string of the molecule is C=CCn1nnnc1N1CCc2c(cccc2S(=O)(=O)NC)C1. The second-order valence-corrected chi connectivity index (χ2v) is 7.08. The number of hydrogen-bond donors (Lipinski definition) is 1. The molecule has 0 atom stereocenters. The highest BCUT2D eigenvalue weighted by Crippen LogP contribution is 2.27.